The van der Waals surface area contributed by atoms with E-state index >= 15 is 0 Å². The van der Waals surface area contributed by atoms with Crippen LogP contribution in [-0.2, 0) is 0 Å². The molecule has 0 radical (unpaired) electrons. The molecule has 2 aromatic carbocycles. The van der Waals surface area contributed by atoms with Crippen molar-refractivity contribution in [3.8, 4) is 11.5 Å². The molecule has 0 atom stereocenters. The number of hydrazone groups is 1. The fraction of sp³-hybridized carbons (Fsp3) is 0.0714. The molecule has 0 aliphatic carbocycles. The van der Waals surface area contributed by atoms with Crippen molar-refractivity contribution in [3.63, 3.8) is 0 Å². The average Bonchev–Trinajstić information content (AvgIpc) is 2.55. The molecule has 2 aromatic rings. The average molecular weight is 332 g/mol. The van der Waals surface area contributed by atoms with Gasteiger partial charge in [0.2, 0.25) is 0 Å². The van der Waals surface area contributed by atoms with Crippen LogP contribution in [0.5, 0.6) is 11.5 Å². The molecule has 0 unspecified atom stereocenters. The van der Waals surface area contributed by atoms with Crippen LogP contribution in [0, 0.1) is 20.2 Å². The summed E-state index contributed by atoms with van der Waals surface area (Å²) < 4.78 is 4.91. The number of phenolic OH excluding ortho intramolecular Hbond substituents is 1. The SMILES string of the molecule is COc1ccc(/C=N\Nc2ccc([N+](=O)[O-])cc2[N+](=O)[O-])cc1O. The lowest BCUT2D eigenvalue weighted by atomic mass is 10.2. The summed E-state index contributed by atoms with van der Waals surface area (Å²) in [4.78, 5) is 20.2. The lowest BCUT2D eigenvalue weighted by molar-refractivity contribution is -0.393. The molecule has 10 heteroatoms. The van der Waals surface area contributed by atoms with Crippen LogP contribution in [0.4, 0.5) is 17.1 Å². The second-order valence-electron chi connectivity index (χ2n) is 4.52. The topological polar surface area (TPSA) is 140 Å². The summed E-state index contributed by atoms with van der Waals surface area (Å²) in [5.41, 5.74) is 2.10. The lowest BCUT2D eigenvalue weighted by Gasteiger charge is -2.04. The molecule has 2 rings (SSSR count). The van der Waals surface area contributed by atoms with Gasteiger partial charge in [0.05, 0.1) is 29.2 Å². The van der Waals surface area contributed by atoms with E-state index in [1.54, 1.807) is 6.07 Å². The van der Waals surface area contributed by atoms with E-state index in [0.29, 0.717) is 11.3 Å². The highest BCUT2D eigenvalue weighted by Gasteiger charge is 2.19. The molecule has 0 heterocycles. The largest absolute Gasteiger partial charge is 0.504 e. The maximum absolute atomic E-state index is 11.0. The van der Waals surface area contributed by atoms with E-state index in [4.69, 9.17) is 4.74 Å². The highest BCUT2D eigenvalue weighted by atomic mass is 16.6. The van der Waals surface area contributed by atoms with Gasteiger partial charge in [0.1, 0.15) is 5.69 Å². The number of non-ortho nitro benzene ring substituents is 1. The van der Waals surface area contributed by atoms with E-state index in [9.17, 15) is 25.3 Å². The van der Waals surface area contributed by atoms with Gasteiger partial charge in [-0.05, 0) is 29.8 Å². The van der Waals surface area contributed by atoms with Gasteiger partial charge in [-0.25, -0.2) is 0 Å². The summed E-state index contributed by atoms with van der Waals surface area (Å²) in [5, 5.41) is 35.1. The lowest BCUT2D eigenvalue weighted by Crippen LogP contribution is -1.98. The van der Waals surface area contributed by atoms with Crippen molar-refractivity contribution < 1.29 is 19.7 Å². The summed E-state index contributed by atoms with van der Waals surface area (Å²) in [5.74, 6) is 0.217. The van der Waals surface area contributed by atoms with E-state index in [1.807, 2.05) is 0 Å². The maximum Gasteiger partial charge on any atom is 0.301 e. The second kappa shape index (κ2) is 7.05. The predicted octanol–water partition coefficient (Wildman–Crippen LogP) is 2.66. The fourth-order valence-corrected chi connectivity index (χ4v) is 1.84. The molecule has 0 aromatic heterocycles. The van der Waals surface area contributed by atoms with Gasteiger partial charge in [0, 0.05) is 6.07 Å². The molecule has 0 bridgehead atoms. The molecule has 0 saturated heterocycles. The van der Waals surface area contributed by atoms with Gasteiger partial charge in [-0.3, -0.25) is 25.7 Å². The first-order chi connectivity index (χ1) is 11.4. The number of benzene rings is 2. The number of phenols is 1. The van der Waals surface area contributed by atoms with Gasteiger partial charge in [-0.2, -0.15) is 5.10 Å². The van der Waals surface area contributed by atoms with Gasteiger partial charge in [0.25, 0.3) is 5.69 Å². The first-order valence-electron chi connectivity index (χ1n) is 6.51. The molecular weight excluding hydrogens is 320 g/mol. The number of nitro benzene ring substituents is 2. The highest BCUT2D eigenvalue weighted by Crippen LogP contribution is 2.29. The quantitative estimate of drug-likeness (QED) is 0.470. The fourth-order valence-electron chi connectivity index (χ4n) is 1.84. The molecule has 0 saturated carbocycles. The minimum Gasteiger partial charge on any atom is -0.504 e. The summed E-state index contributed by atoms with van der Waals surface area (Å²) in [6, 6.07) is 7.72. The van der Waals surface area contributed by atoms with E-state index < -0.39 is 21.2 Å². The first kappa shape index (κ1) is 16.7. The van der Waals surface area contributed by atoms with Crippen LogP contribution in [0.25, 0.3) is 0 Å². The zero-order valence-corrected chi connectivity index (χ0v) is 12.4. The number of hydrogen-bond donors (Lipinski definition) is 2. The van der Waals surface area contributed by atoms with Crippen molar-refractivity contribution in [2.45, 2.75) is 0 Å². The predicted molar refractivity (Wildman–Crippen MR) is 85.6 cm³/mol. The highest BCUT2D eigenvalue weighted by molar-refractivity contribution is 5.81. The third-order valence-corrected chi connectivity index (χ3v) is 2.99. The zero-order valence-electron chi connectivity index (χ0n) is 12.4. The third kappa shape index (κ3) is 3.74. The summed E-state index contributed by atoms with van der Waals surface area (Å²) in [6.45, 7) is 0. The van der Waals surface area contributed by atoms with Crippen LogP contribution < -0.4 is 10.2 Å². The van der Waals surface area contributed by atoms with Crippen molar-refractivity contribution in [1.29, 1.82) is 0 Å². The molecule has 0 aliphatic rings. The van der Waals surface area contributed by atoms with Crippen molar-refractivity contribution in [1.82, 2.24) is 0 Å². The van der Waals surface area contributed by atoms with Crippen LogP contribution >= 0.6 is 0 Å². The Labute approximate surface area is 135 Å². The molecule has 0 spiro atoms. The number of aromatic hydroxyl groups is 1. The maximum atomic E-state index is 11.0. The zero-order chi connectivity index (χ0) is 17.7. The molecular formula is C14H12N4O6. The van der Waals surface area contributed by atoms with Crippen LogP contribution in [0.2, 0.25) is 0 Å². The number of methoxy groups -OCH3 is 1. The van der Waals surface area contributed by atoms with Crippen LogP contribution in [0.1, 0.15) is 5.56 Å². The molecule has 0 aliphatic heterocycles. The molecule has 124 valence electrons. The first-order valence-corrected chi connectivity index (χ1v) is 6.51. The number of nitrogens with zero attached hydrogens (tertiary/aromatic N) is 3. The molecule has 2 N–H and O–H groups in total. The Balaban J connectivity index is 2.20. The second-order valence-corrected chi connectivity index (χ2v) is 4.52. The molecule has 0 fully saturated rings. The van der Waals surface area contributed by atoms with Crippen molar-refractivity contribution in [2.24, 2.45) is 5.10 Å². The summed E-state index contributed by atoms with van der Waals surface area (Å²) in [6.07, 6.45) is 1.32. The Morgan fingerprint density at radius 3 is 2.50 bits per heavy atom. The summed E-state index contributed by atoms with van der Waals surface area (Å²) in [7, 11) is 1.41. The number of rotatable bonds is 6. The summed E-state index contributed by atoms with van der Waals surface area (Å²) >= 11 is 0. The number of nitro groups is 2. The van der Waals surface area contributed by atoms with Gasteiger partial charge in [0.15, 0.2) is 11.5 Å². The Morgan fingerprint density at radius 1 is 1.17 bits per heavy atom. The van der Waals surface area contributed by atoms with Gasteiger partial charge < -0.3 is 9.84 Å². The Hall–Kier alpha value is -3.69. The smallest absolute Gasteiger partial charge is 0.301 e. The van der Waals surface area contributed by atoms with Crippen molar-refractivity contribution in [3.05, 3.63) is 62.2 Å². The molecule has 0 amide bonds. The number of ether oxygens (including phenoxy) is 1. The molecule has 24 heavy (non-hydrogen) atoms. The van der Waals surface area contributed by atoms with Crippen LogP contribution in [-0.4, -0.2) is 28.3 Å². The van der Waals surface area contributed by atoms with E-state index in [2.05, 4.69) is 10.5 Å². The van der Waals surface area contributed by atoms with Gasteiger partial charge >= 0.3 is 5.69 Å². The number of nitrogens with one attached hydrogen (secondary N) is 1. The van der Waals surface area contributed by atoms with Crippen LogP contribution in [0.3, 0.4) is 0 Å². The van der Waals surface area contributed by atoms with Gasteiger partial charge in [-0.1, -0.05) is 0 Å². The molecule has 10 nitrogen and oxygen atoms in total. The van der Waals surface area contributed by atoms with E-state index in [0.717, 1.165) is 12.1 Å². The van der Waals surface area contributed by atoms with Crippen molar-refractivity contribution in [2.75, 3.05) is 12.5 Å². The van der Waals surface area contributed by atoms with E-state index in [-0.39, 0.29) is 11.4 Å². The minimum atomic E-state index is -0.746. The standard InChI is InChI=1S/C14H12N4O6/c1-24-14-5-2-9(6-13(14)19)8-15-16-11-4-3-10(17(20)21)7-12(11)18(22)23/h2-8,16,19H,1H3/b15-8-. The van der Waals surface area contributed by atoms with Crippen LogP contribution in [0.15, 0.2) is 41.5 Å². The number of hydrogen-bond acceptors (Lipinski definition) is 8. The minimum absolute atomic E-state index is 0.000386. The normalized spacial score (nSPS) is 10.5. The third-order valence-electron chi connectivity index (χ3n) is 2.99. The number of anilines is 1. The van der Waals surface area contributed by atoms with Crippen molar-refractivity contribution >= 4 is 23.3 Å². The van der Waals surface area contributed by atoms with Gasteiger partial charge in [-0.15, -0.1) is 0 Å². The Kier molecular flexibility index (Phi) is 4.90. The van der Waals surface area contributed by atoms with E-state index in [1.165, 1.54) is 31.5 Å². The Morgan fingerprint density at radius 2 is 1.92 bits per heavy atom. The monoisotopic (exact) mass is 332 g/mol. The Bertz CT molecular complexity index is 821.